The summed E-state index contributed by atoms with van der Waals surface area (Å²) in [5.74, 6) is -0.466. The van der Waals surface area contributed by atoms with Gasteiger partial charge in [-0.3, -0.25) is 0 Å². The van der Waals surface area contributed by atoms with Crippen molar-refractivity contribution in [2.24, 2.45) is 5.73 Å². The van der Waals surface area contributed by atoms with E-state index in [0.29, 0.717) is 72.6 Å². The number of ether oxygens (including phenoxy) is 6. The summed E-state index contributed by atoms with van der Waals surface area (Å²) in [4.78, 5) is 24.7. The molecular formula is C24H51N3O8Si. The number of hydrogen-bond donors (Lipinski definition) is 3. The summed E-state index contributed by atoms with van der Waals surface area (Å²) in [6.07, 6.45) is 0.0977. The Morgan fingerprint density at radius 3 is 1.86 bits per heavy atom. The number of nitrogens with one attached hydrogen (secondary N) is 2. The zero-order chi connectivity index (χ0) is 27.3. The third-order valence-electron chi connectivity index (χ3n) is 4.44. The van der Waals surface area contributed by atoms with Crippen LogP contribution >= 0.6 is 0 Å². The monoisotopic (exact) mass is 537 g/mol. The lowest BCUT2D eigenvalue weighted by molar-refractivity contribution is -0.145. The molecular weight excluding hydrogens is 486 g/mol. The minimum Gasteiger partial charge on any atom is -0.464 e. The Bertz CT molecular complexity index is 571. The Morgan fingerprint density at radius 1 is 0.833 bits per heavy atom. The molecule has 214 valence electrons. The maximum atomic E-state index is 12.5. The van der Waals surface area contributed by atoms with E-state index in [1.54, 1.807) is 20.8 Å². The largest absolute Gasteiger partial charge is 0.464 e. The molecule has 12 heteroatoms. The molecule has 1 atom stereocenters. The molecule has 0 aromatic rings. The van der Waals surface area contributed by atoms with Crippen molar-refractivity contribution in [3.8, 4) is 0 Å². The van der Waals surface area contributed by atoms with Crippen LogP contribution in [0.3, 0.4) is 0 Å². The molecule has 0 bridgehead atoms. The van der Waals surface area contributed by atoms with Gasteiger partial charge in [0.25, 0.3) is 0 Å². The summed E-state index contributed by atoms with van der Waals surface area (Å²) in [6, 6.07) is 0.0362. The van der Waals surface area contributed by atoms with Gasteiger partial charge in [0.05, 0.1) is 52.9 Å². The molecule has 0 aliphatic rings. The number of nitrogens with two attached hydrogens (primary N) is 1. The predicted octanol–water partition coefficient (Wildman–Crippen LogP) is 1.77. The lowest BCUT2D eigenvalue weighted by Crippen LogP contribution is -2.49. The number of carbonyl (C=O) groups excluding carboxylic acids is 2. The van der Waals surface area contributed by atoms with Gasteiger partial charge >= 0.3 is 12.1 Å². The highest BCUT2D eigenvalue weighted by Gasteiger charge is 2.26. The van der Waals surface area contributed by atoms with Crippen molar-refractivity contribution in [1.82, 2.24) is 10.6 Å². The molecule has 0 radical (unpaired) electrons. The van der Waals surface area contributed by atoms with E-state index < -0.39 is 31.8 Å². The van der Waals surface area contributed by atoms with Gasteiger partial charge in [-0.25, -0.2) is 9.59 Å². The van der Waals surface area contributed by atoms with Crippen molar-refractivity contribution in [3.63, 3.8) is 0 Å². The van der Waals surface area contributed by atoms with Gasteiger partial charge in [0.1, 0.15) is 11.6 Å². The smallest absolute Gasteiger partial charge is 0.408 e. The third-order valence-corrected chi connectivity index (χ3v) is 6.14. The minimum absolute atomic E-state index is 0.241. The van der Waals surface area contributed by atoms with Crippen molar-refractivity contribution < 1.29 is 38.0 Å². The quantitative estimate of drug-likeness (QED) is 0.106. The van der Waals surface area contributed by atoms with Gasteiger partial charge in [0.15, 0.2) is 0 Å². The molecule has 36 heavy (non-hydrogen) atoms. The average Bonchev–Trinajstić information content (AvgIpc) is 2.75. The molecule has 0 saturated carbocycles. The van der Waals surface area contributed by atoms with E-state index in [4.69, 9.17) is 34.2 Å². The Labute approximate surface area is 218 Å². The van der Waals surface area contributed by atoms with Crippen LogP contribution in [0.2, 0.25) is 25.7 Å². The highest BCUT2D eigenvalue weighted by Crippen LogP contribution is 2.09. The van der Waals surface area contributed by atoms with Gasteiger partial charge in [-0.05, 0) is 39.8 Å². The molecule has 0 heterocycles. The second-order valence-corrected chi connectivity index (χ2v) is 16.1. The maximum absolute atomic E-state index is 12.5. The van der Waals surface area contributed by atoms with Crippen molar-refractivity contribution in [1.29, 1.82) is 0 Å². The molecule has 1 amide bonds. The van der Waals surface area contributed by atoms with Crippen LogP contribution in [-0.4, -0.2) is 111 Å². The molecule has 0 saturated heterocycles. The van der Waals surface area contributed by atoms with Crippen LogP contribution in [0.25, 0.3) is 0 Å². The van der Waals surface area contributed by atoms with E-state index in [2.05, 4.69) is 30.3 Å². The third kappa shape index (κ3) is 24.4. The van der Waals surface area contributed by atoms with Crippen LogP contribution in [0.15, 0.2) is 0 Å². The van der Waals surface area contributed by atoms with Gasteiger partial charge in [0.2, 0.25) is 0 Å². The van der Waals surface area contributed by atoms with Crippen molar-refractivity contribution in [3.05, 3.63) is 0 Å². The summed E-state index contributed by atoms with van der Waals surface area (Å²) >= 11 is 0. The fourth-order valence-corrected chi connectivity index (χ4v) is 3.31. The zero-order valence-corrected chi connectivity index (χ0v) is 24.3. The first-order valence-electron chi connectivity index (χ1n) is 12.8. The molecule has 0 rings (SSSR count). The maximum Gasteiger partial charge on any atom is 0.408 e. The molecule has 0 spiro atoms. The second kappa shape index (κ2) is 20.7. The van der Waals surface area contributed by atoms with E-state index >= 15 is 0 Å². The Kier molecular flexibility index (Phi) is 20.0. The molecule has 0 aliphatic heterocycles. The lowest BCUT2D eigenvalue weighted by atomic mass is 10.2. The second-order valence-electron chi connectivity index (χ2n) is 10.5. The fraction of sp³-hybridized carbons (Fsp3) is 0.917. The number of carbonyl (C=O) groups is 2. The number of alkyl carbamates (subject to hydrolysis) is 1. The van der Waals surface area contributed by atoms with Gasteiger partial charge in [-0.15, -0.1) is 0 Å². The molecule has 0 fully saturated rings. The first-order chi connectivity index (χ1) is 16.9. The fourth-order valence-electron chi connectivity index (χ4n) is 2.59. The predicted molar refractivity (Wildman–Crippen MR) is 142 cm³/mol. The van der Waals surface area contributed by atoms with E-state index in [0.717, 1.165) is 12.5 Å². The van der Waals surface area contributed by atoms with Gasteiger partial charge in [-0.2, -0.15) is 0 Å². The SMILES string of the molecule is CC(C)(C)OC(=O)NC(CNCCCOCCOCCOCCOCCN)C(=O)OCC[Si](C)(C)C. The average molecular weight is 538 g/mol. The van der Waals surface area contributed by atoms with Crippen LogP contribution in [-0.2, 0) is 33.2 Å². The summed E-state index contributed by atoms with van der Waals surface area (Å²) in [5, 5.41) is 5.79. The number of rotatable bonds is 22. The van der Waals surface area contributed by atoms with Gasteiger partial charge in [0, 0.05) is 27.8 Å². The van der Waals surface area contributed by atoms with Crippen LogP contribution in [0, 0.1) is 0 Å². The van der Waals surface area contributed by atoms with E-state index in [1.165, 1.54) is 0 Å². The van der Waals surface area contributed by atoms with E-state index in [1.807, 2.05) is 0 Å². The molecule has 0 aromatic carbocycles. The normalized spacial score (nSPS) is 12.9. The highest BCUT2D eigenvalue weighted by atomic mass is 28.3. The zero-order valence-electron chi connectivity index (χ0n) is 23.3. The van der Waals surface area contributed by atoms with Crippen LogP contribution in [0.5, 0.6) is 0 Å². The summed E-state index contributed by atoms with van der Waals surface area (Å²) in [5.41, 5.74) is 4.67. The van der Waals surface area contributed by atoms with Crippen molar-refractivity contribution >= 4 is 20.1 Å². The number of hydrogen-bond acceptors (Lipinski definition) is 10. The molecule has 4 N–H and O–H groups in total. The van der Waals surface area contributed by atoms with Crippen LogP contribution < -0.4 is 16.4 Å². The first-order valence-corrected chi connectivity index (χ1v) is 16.5. The molecule has 1 unspecified atom stereocenters. The van der Waals surface area contributed by atoms with Crippen molar-refractivity contribution in [2.75, 3.05) is 79.1 Å². The summed E-state index contributed by atoms with van der Waals surface area (Å²) < 4.78 is 32.3. The lowest BCUT2D eigenvalue weighted by Gasteiger charge is -2.23. The van der Waals surface area contributed by atoms with E-state index in [9.17, 15) is 9.59 Å². The van der Waals surface area contributed by atoms with Crippen LogP contribution in [0.4, 0.5) is 4.79 Å². The Balaban J connectivity index is 4.01. The molecule has 11 nitrogen and oxygen atoms in total. The van der Waals surface area contributed by atoms with Crippen molar-refractivity contribution in [2.45, 2.75) is 64.5 Å². The first kappa shape index (κ1) is 34.7. The topological polar surface area (TPSA) is 140 Å². The van der Waals surface area contributed by atoms with E-state index in [-0.39, 0.29) is 6.54 Å². The summed E-state index contributed by atoms with van der Waals surface area (Å²) in [7, 11) is -1.33. The molecule has 0 aliphatic carbocycles. The molecule has 0 aromatic heterocycles. The Morgan fingerprint density at radius 2 is 1.36 bits per heavy atom. The standard InChI is InChI=1S/C24H51N3O8Si/c1-24(2,3)35-23(29)27-21(22(28)34-18-19-36(4,5)6)20-26-9-7-10-30-12-14-32-16-17-33-15-13-31-11-8-25/h21,26H,7-20,25H2,1-6H3,(H,27,29). The minimum atomic E-state index is -1.33. The Hall–Kier alpha value is -1.28. The highest BCUT2D eigenvalue weighted by molar-refractivity contribution is 6.76. The van der Waals surface area contributed by atoms with Crippen LogP contribution in [0.1, 0.15) is 27.2 Å². The van der Waals surface area contributed by atoms with Gasteiger partial charge < -0.3 is 44.8 Å². The number of esters is 1. The number of amides is 1. The summed E-state index contributed by atoms with van der Waals surface area (Å²) in [6.45, 7) is 17.8. The van der Waals surface area contributed by atoms with Gasteiger partial charge in [-0.1, -0.05) is 19.6 Å².